The third-order valence-corrected chi connectivity index (χ3v) is 6.16. The van der Waals surface area contributed by atoms with Crippen LogP contribution < -0.4 is 10.6 Å². The van der Waals surface area contributed by atoms with Crippen LogP contribution in [0.3, 0.4) is 0 Å². The van der Waals surface area contributed by atoms with Gasteiger partial charge in [-0.25, -0.2) is 9.42 Å². The number of anilines is 1. The van der Waals surface area contributed by atoms with E-state index in [1.54, 1.807) is 0 Å². The molecule has 0 aliphatic heterocycles. The molecule has 0 unspecified atom stereocenters. The van der Waals surface area contributed by atoms with E-state index in [1.165, 1.54) is 0 Å². The van der Waals surface area contributed by atoms with Crippen molar-refractivity contribution >= 4 is 23.8 Å². The number of aromatic nitrogens is 2. The second-order valence-electron chi connectivity index (χ2n) is 8.18. The number of nitrogens with zero attached hydrogens (tertiary/aromatic N) is 2. The third kappa shape index (κ3) is 3.79. The molecule has 10 heteroatoms. The Kier molecular flexibility index (Phi) is 5.04. The number of hydrogen-bond donors (Lipinski definition) is 3. The molecule has 2 aromatic carbocycles. The number of aliphatic carboxylic acids is 1. The molecule has 1 saturated carbocycles. The van der Waals surface area contributed by atoms with Gasteiger partial charge in [-0.3, -0.25) is 14.9 Å². The van der Waals surface area contributed by atoms with Crippen molar-refractivity contribution < 1.29 is 28.9 Å². The number of fused-ring (bicyclic) bond motifs is 3. The number of carbonyl (C=O) groups excluding carboxylic acids is 2. The highest BCUT2D eigenvalue weighted by atomic mass is 16.6. The average molecular weight is 448 g/mol. The summed E-state index contributed by atoms with van der Waals surface area (Å²) in [5.41, 5.74) is 3.16. The molecule has 3 aromatic rings. The quantitative estimate of drug-likeness (QED) is 0.500. The number of ether oxygens (including phenoxy) is 1. The number of hydrogen-bond acceptors (Lipinski definition) is 7. The van der Waals surface area contributed by atoms with Gasteiger partial charge in [0, 0.05) is 12.5 Å². The van der Waals surface area contributed by atoms with Crippen LogP contribution in [-0.4, -0.2) is 46.5 Å². The van der Waals surface area contributed by atoms with E-state index in [2.05, 4.69) is 25.6 Å². The van der Waals surface area contributed by atoms with Crippen molar-refractivity contribution in [2.75, 3.05) is 18.5 Å². The number of carbonyl (C=O) groups is 3. The van der Waals surface area contributed by atoms with Crippen LogP contribution in [0.4, 0.5) is 10.6 Å². The molecule has 1 aromatic heterocycles. The molecule has 168 valence electrons. The first-order chi connectivity index (χ1) is 16.0. The Labute approximate surface area is 187 Å². The summed E-state index contributed by atoms with van der Waals surface area (Å²) in [6, 6.07) is 15.9. The Hall–Kier alpha value is -4.21. The van der Waals surface area contributed by atoms with Crippen LogP contribution in [0.25, 0.3) is 11.1 Å². The molecular formula is C23H20N4O6. The molecule has 0 radical (unpaired) electrons. The Morgan fingerprint density at radius 1 is 1.03 bits per heavy atom. The third-order valence-electron chi connectivity index (χ3n) is 6.16. The molecule has 10 nitrogen and oxygen atoms in total. The van der Waals surface area contributed by atoms with Crippen LogP contribution in [0.5, 0.6) is 0 Å². The second-order valence-corrected chi connectivity index (χ2v) is 8.18. The van der Waals surface area contributed by atoms with Gasteiger partial charge < -0.3 is 15.2 Å². The molecule has 33 heavy (non-hydrogen) atoms. The van der Waals surface area contributed by atoms with E-state index in [0.717, 1.165) is 22.3 Å². The Morgan fingerprint density at radius 2 is 1.67 bits per heavy atom. The van der Waals surface area contributed by atoms with Crippen LogP contribution >= 0.6 is 0 Å². The Bertz CT molecular complexity index is 1200. The lowest BCUT2D eigenvalue weighted by Gasteiger charge is -2.14. The Balaban J connectivity index is 1.22. The minimum Gasteiger partial charge on any atom is -0.481 e. The highest BCUT2D eigenvalue weighted by molar-refractivity contribution is 5.99. The van der Waals surface area contributed by atoms with Crippen LogP contribution in [0, 0.1) is 5.41 Å². The lowest BCUT2D eigenvalue weighted by atomic mass is 9.98. The van der Waals surface area contributed by atoms with Crippen molar-refractivity contribution in [1.82, 2.24) is 15.6 Å². The summed E-state index contributed by atoms with van der Waals surface area (Å²) in [5.74, 6) is -1.98. The lowest BCUT2D eigenvalue weighted by Crippen LogP contribution is -2.34. The van der Waals surface area contributed by atoms with Crippen LogP contribution in [0.1, 0.15) is 40.4 Å². The molecule has 2 aliphatic carbocycles. The van der Waals surface area contributed by atoms with Crippen LogP contribution in [0.2, 0.25) is 0 Å². The van der Waals surface area contributed by atoms with Crippen molar-refractivity contribution in [3.05, 3.63) is 65.4 Å². The topological polar surface area (TPSA) is 144 Å². The molecule has 5 rings (SSSR count). The zero-order valence-electron chi connectivity index (χ0n) is 17.4. The van der Waals surface area contributed by atoms with E-state index in [4.69, 9.17) is 4.74 Å². The minimum absolute atomic E-state index is 0.0432. The molecule has 0 atom stereocenters. The second kappa shape index (κ2) is 8.05. The predicted molar refractivity (Wildman–Crippen MR) is 115 cm³/mol. The fraction of sp³-hybridized carbons (Fsp3) is 0.261. The lowest BCUT2D eigenvalue weighted by molar-refractivity contribution is -0.143. The van der Waals surface area contributed by atoms with E-state index in [9.17, 15) is 19.5 Å². The molecule has 2 amide bonds. The van der Waals surface area contributed by atoms with E-state index in [0.29, 0.717) is 12.8 Å². The first kappa shape index (κ1) is 20.7. The van der Waals surface area contributed by atoms with Crippen LogP contribution in [-0.2, 0) is 9.53 Å². The number of benzene rings is 2. The van der Waals surface area contributed by atoms with E-state index in [1.807, 2.05) is 48.5 Å². The number of nitrogens with one attached hydrogen (secondary N) is 2. The van der Waals surface area contributed by atoms with Crippen molar-refractivity contribution in [3.63, 3.8) is 0 Å². The van der Waals surface area contributed by atoms with Gasteiger partial charge in [0.05, 0.1) is 5.41 Å². The summed E-state index contributed by atoms with van der Waals surface area (Å²) >= 11 is 0. The van der Waals surface area contributed by atoms with E-state index < -0.39 is 23.4 Å². The summed E-state index contributed by atoms with van der Waals surface area (Å²) in [6.45, 7) is 0.0478. The highest BCUT2D eigenvalue weighted by Crippen LogP contribution is 2.45. The van der Waals surface area contributed by atoms with Gasteiger partial charge in [0.1, 0.15) is 6.61 Å². The van der Waals surface area contributed by atoms with Crippen molar-refractivity contribution in [2.24, 2.45) is 5.41 Å². The summed E-state index contributed by atoms with van der Waals surface area (Å²) in [4.78, 5) is 36.1. The molecule has 3 N–H and O–H groups in total. The fourth-order valence-electron chi connectivity index (χ4n) is 4.10. The zero-order chi connectivity index (χ0) is 23.0. The molecule has 0 saturated heterocycles. The molecule has 2 aliphatic rings. The number of amides is 2. The SMILES string of the molecule is O=C(Nc1nonc1C(=O)NCC1(C(=O)O)CC1)OCC1c2ccccc2-c2ccccc21. The highest BCUT2D eigenvalue weighted by Gasteiger charge is 2.50. The predicted octanol–water partition coefficient (Wildman–Crippen LogP) is 3.03. The van der Waals surface area contributed by atoms with Gasteiger partial charge in [0.25, 0.3) is 5.91 Å². The zero-order valence-corrected chi connectivity index (χ0v) is 17.4. The summed E-state index contributed by atoms with van der Waals surface area (Å²) in [6.07, 6.45) is 0.167. The van der Waals surface area contributed by atoms with Gasteiger partial charge in [-0.15, -0.1) is 0 Å². The smallest absolute Gasteiger partial charge is 0.412 e. The van der Waals surface area contributed by atoms with E-state index >= 15 is 0 Å². The number of carboxylic acids is 1. The molecule has 0 spiro atoms. The fourth-order valence-corrected chi connectivity index (χ4v) is 4.10. The van der Waals surface area contributed by atoms with Gasteiger partial charge in [0.15, 0.2) is 0 Å². The van der Waals surface area contributed by atoms with Gasteiger partial charge in [-0.05, 0) is 45.4 Å². The van der Waals surface area contributed by atoms with Gasteiger partial charge in [0.2, 0.25) is 11.5 Å². The first-order valence-electron chi connectivity index (χ1n) is 10.4. The minimum atomic E-state index is -0.960. The summed E-state index contributed by atoms with van der Waals surface area (Å²) < 4.78 is 10.0. The molecule has 0 bridgehead atoms. The van der Waals surface area contributed by atoms with Crippen molar-refractivity contribution in [3.8, 4) is 11.1 Å². The largest absolute Gasteiger partial charge is 0.481 e. The van der Waals surface area contributed by atoms with Gasteiger partial charge in [-0.1, -0.05) is 48.5 Å². The van der Waals surface area contributed by atoms with Crippen molar-refractivity contribution in [1.29, 1.82) is 0 Å². The maximum absolute atomic E-state index is 12.4. The van der Waals surface area contributed by atoms with Crippen LogP contribution in [0.15, 0.2) is 53.2 Å². The summed E-state index contributed by atoms with van der Waals surface area (Å²) in [5, 5.41) is 21.2. The van der Waals surface area contributed by atoms with Gasteiger partial charge >= 0.3 is 12.1 Å². The maximum Gasteiger partial charge on any atom is 0.412 e. The standard InChI is InChI=1S/C23H20N4O6/c28-20(24-12-23(9-10-23)21(29)30)18-19(27-33-26-18)25-22(31)32-11-17-15-7-3-1-5-13(15)14-6-2-4-8-16(14)17/h1-8,17H,9-12H2,(H,24,28)(H,29,30)(H,25,27,31). The maximum atomic E-state index is 12.4. The summed E-state index contributed by atoms with van der Waals surface area (Å²) in [7, 11) is 0. The first-order valence-corrected chi connectivity index (χ1v) is 10.4. The van der Waals surface area contributed by atoms with E-state index in [-0.39, 0.29) is 30.6 Å². The van der Waals surface area contributed by atoms with Crippen molar-refractivity contribution in [2.45, 2.75) is 18.8 Å². The monoisotopic (exact) mass is 448 g/mol. The normalized spacial score (nSPS) is 15.3. The number of carboxylic acid groups (broad SMARTS) is 1. The number of rotatable bonds is 7. The average Bonchev–Trinajstić information content (AvgIpc) is 3.38. The Morgan fingerprint density at radius 3 is 2.27 bits per heavy atom. The molecular weight excluding hydrogens is 428 g/mol. The van der Waals surface area contributed by atoms with Gasteiger partial charge in [-0.2, -0.15) is 0 Å². The molecule has 1 fully saturated rings. The molecule has 1 heterocycles.